The topological polar surface area (TPSA) is 112 Å². The van der Waals surface area contributed by atoms with Crippen LogP contribution in [0.3, 0.4) is 0 Å². The zero-order chi connectivity index (χ0) is 22.5. The molecule has 8 heteroatoms. The van der Waals surface area contributed by atoms with E-state index >= 15 is 0 Å². The van der Waals surface area contributed by atoms with Crippen LogP contribution >= 0.6 is 0 Å². The van der Waals surface area contributed by atoms with Crippen molar-refractivity contribution in [1.29, 1.82) is 0 Å². The van der Waals surface area contributed by atoms with Crippen LogP contribution in [0.15, 0.2) is 36.8 Å². The number of ether oxygens (including phenoxy) is 1. The van der Waals surface area contributed by atoms with E-state index in [4.69, 9.17) is 10.5 Å². The number of primary amides is 1. The predicted molar refractivity (Wildman–Crippen MR) is 118 cm³/mol. The van der Waals surface area contributed by atoms with Crippen molar-refractivity contribution >= 4 is 11.8 Å². The molecule has 2 aromatic heterocycles. The lowest BCUT2D eigenvalue weighted by Crippen LogP contribution is -2.62. The highest BCUT2D eigenvalue weighted by Gasteiger charge is 2.56. The summed E-state index contributed by atoms with van der Waals surface area (Å²) in [5, 5.41) is 7.49. The van der Waals surface area contributed by atoms with Crippen molar-refractivity contribution in [3.63, 3.8) is 0 Å². The number of amides is 2. The number of nitrogens with zero attached hydrogens (tertiary/aromatic N) is 3. The first-order valence-electron chi connectivity index (χ1n) is 11.5. The van der Waals surface area contributed by atoms with E-state index in [1.54, 1.807) is 37.0 Å². The minimum absolute atomic E-state index is 0.0514. The van der Waals surface area contributed by atoms with E-state index in [0.29, 0.717) is 30.1 Å². The molecule has 2 heterocycles. The normalized spacial score (nSPS) is 30.8. The van der Waals surface area contributed by atoms with E-state index in [9.17, 15) is 9.59 Å². The maximum Gasteiger partial charge on any atom is 0.263 e. The van der Waals surface area contributed by atoms with Crippen molar-refractivity contribution in [2.75, 3.05) is 0 Å². The van der Waals surface area contributed by atoms with Gasteiger partial charge in [0.25, 0.3) is 5.91 Å². The highest BCUT2D eigenvalue weighted by Crippen LogP contribution is 2.61. The zero-order valence-corrected chi connectivity index (χ0v) is 18.7. The Hall–Kier alpha value is -2.90. The predicted octanol–water partition coefficient (Wildman–Crippen LogP) is 2.61. The monoisotopic (exact) mass is 437 g/mol. The van der Waals surface area contributed by atoms with Crippen LogP contribution in [0.2, 0.25) is 0 Å². The Balaban J connectivity index is 1.24. The summed E-state index contributed by atoms with van der Waals surface area (Å²) in [7, 11) is 0. The molecule has 5 atom stereocenters. The summed E-state index contributed by atoms with van der Waals surface area (Å²) in [6.45, 7) is 3.55. The highest BCUT2D eigenvalue weighted by atomic mass is 16.5. The van der Waals surface area contributed by atoms with Crippen molar-refractivity contribution in [3.8, 4) is 11.6 Å². The van der Waals surface area contributed by atoms with Gasteiger partial charge >= 0.3 is 0 Å². The van der Waals surface area contributed by atoms with Crippen LogP contribution in [0.1, 0.15) is 52.4 Å². The maximum absolute atomic E-state index is 13.2. The first kappa shape index (κ1) is 21.0. The molecule has 4 aliphatic rings. The van der Waals surface area contributed by atoms with Gasteiger partial charge in [0, 0.05) is 30.9 Å². The third-order valence-corrected chi connectivity index (χ3v) is 7.64. The van der Waals surface area contributed by atoms with Crippen molar-refractivity contribution in [2.24, 2.45) is 28.9 Å². The molecule has 0 radical (unpaired) electrons. The Morgan fingerprint density at radius 3 is 2.59 bits per heavy atom. The minimum Gasteiger partial charge on any atom is -0.462 e. The quantitative estimate of drug-likeness (QED) is 0.691. The van der Waals surface area contributed by atoms with E-state index in [0.717, 1.165) is 37.8 Å². The number of hydrogen-bond acceptors (Lipinski definition) is 5. The molecule has 8 nitrogen and oxygen atoms in total. The van der Waals surface area contributed by atoms with Gasteiger partial charge in [-0.1, -0.05) is 0 Å². The van der Waals surface area contributed by atoms with Crippen LogP contribution in [-0.4, -0.2) is 38.2 Å². The number of rotatable bonds is 7. The molecule has 4 bridgehead atoms. The van der Waals surface area contributed by atoms with E-state index in [2.05, 4.69) is 15.4 Å². The summed E-state index contributed by atoms with van der Waals surface area (Å²) in [4.78, 5) is 29.2. The third kappa shape index (κ3) is 3.87. The van der Waals surface area contributed by atoms with Gasteiger partial charge in [-0.25, -0.2) is 9.67 Å². The molecule has 0 aliphatic heterocycles. The van der Waals surface area contributed by atoms with Gasteiger partial charge in [0.05, 0.1) is 11.9 Å². The number of carbonyl (C=O) groups excluding carboxylic acids is 2. The van der Waals surface area contributed by atoms with Crippen molar-refractivity contribution in [3.05, 3.63) is 36.8 Å². The van der Waals surface area contributed by atoms with E-state index in [-0.39, 0.29) is 23.3 Å². The Morgan fingerprint density at radius 2 is 2.00 bits per heavy atom. The SMILES string of the molecule is CC(C)(Oc1ccc(-n2cccn2)cn1)C(=O)NC1C2CC3C[C@H]1CC(CC(N)=O)(C3)C2. The number of aromatic nitrogens is 3. The molecular weight excluding hydrogens is 406 g/mol. The van der Waals surface area contributed by atoms with Gasteiger partial charge in [0.2, 0.25) is 11.8 Å². The molecule has 4 unspecified atom stereocenters. The molecule has 6 rings (SSSR count). The first-order valence-corrected chi connectivity index (χ1v) is 11.5. The van der Waals surface area contributed by atoms with Gasteiger partial charge in [0.15, 0.2) is 5.60 Å². The second kappa shape index (κ2) is 7.60. The summed E-state index contributed by atoms with van der Waals surface area (Å²) in [5.41, 5.74) is 5.38. The fourth-order valence-electron chi connectivity index (χ4n) is 6.64. The Morgan fingerprint density at radius 1 is 1.25 bits per heavy atom. The van der Waals surface area contributed by atoms with Gasteiger partial charge in [-0.05, 0) is 81.3 Å². The fraction of sp³-hybridized carbons (Fsp3) is 0.583. The van der Waals surface area contributed by atoms with Gasteiger partial charge in [-0.3, -0.25) is 9.59 Å². The van der Waals surface area contributed by atoms with Gasteiger partial charge in [0.1, 0.15) is 0 Å². The lowest BCUT2D eigenvalue weighted by atomic mass is 9.47. The molecule has 4 fully saturated rings. The molecule has 170 valence electrons. The third-order valence-electron chi connectivity index (χ3n) is 7.64. The van der Waals surface area contributed by atoms with E-state index in [1.807, 2.05) is 18.3 Å². The minimum atomic E-state index is -1.06. The fourth-order valence-corrected chi connectivity index (χ4v) is 6.64. The molecular formula is C24H31N5O3. The van der Waals surface area contributed by atoms with Gasteiger partial charge < -0.3 is 15.8 Å². The van der Waals surface area contributed by atoms with Crippen LogP contribution in [0.4, 0.5) is 0 Å². The summed E-state index contributed by atoms with van der Waals surface area (Å²) in [6, 6.07) is 5.59. The first-order chi connectivity index (χ1) is 15.2. The van der Waals surface area contributed by atoms with Crippen LogP contribution < -0.4 is 15.8 Å². The van der Waals surface area contributed by atoms with Crippen molar-refractivity contribution < 1.29 is 14.3 Å². The van der Waals surface area contributed by atoms with Crippen molar-refractivity contribution in [2.45, 2.75) is 64.0 Å². The van der Waals surface area contributed by atoms with Crippen LogP contribution in [-0.2, 0) is 9.59 Å². The Bertz CT molecular complexity index is 985. The highest BCUT2D eigenvalue weighted by molar-refractivity contribution is 5.85. The second-order valence-corrected chi connectivity index (χ2v) is 10.5. The number of carbonyl (C=O) groups is 2. The maximum atomic E-state index is 13.2. The van der Waals surface area contributed by atoms with E-state index < -0.39 is 5.60 Å². The van der Waals surface area contributed by atoms with Crippen LogP contribution in [0.25, 0.3) is 5.69 Å². The Kier molecular flexibility index (Phi) is 4.98. The molecule has 4 saturated carbocycles. The largest absolute Gasteiger partial charge is 0.462 e. The standard InChI is InChI=1S/C24H31N5O3/c1-23(2,32-20-5-4-18(14-26-20)29-7-3-6-27-29)22(31)28-21-16-8-15-9-17(21)12-24(10-15,11-16)13-19(25)30/h3-7,14-17,21H,8-13H2,1-2H3,(H2,25,30)(H,28,31)/t15?,16-,17?,21?,24?/m0/s1. The molecule has 32 heavy (non-hydrogen) atoms. The van der Waals surface area contributed by atoms with Gasteiger partial charge in [-0.2, -0.15) is 5.10 Å². The molecule has 2 aromatic rings. The second-order valence-electron chi connectivity index (χ2n) is 10.5. The molecule has 0 spiro atoms. The summed E-state index contributed by atoms with van der Waals surface area (Å²) in [6.07, 6.45) is 11.0. The summed E-state index contributed by atoms with van der Waals surface area (Å²) >= 11 is 0. The Labute approximate surface area is 187 Å². The average Bonchev–Trinajstić information content (AvgIpc) is 3.24. The van der Waals surface area contributed by atoms with Gasteiger partial charge in [-0.15, -0.1) is 0 Å². The lowest BCUT2D eigenvalue weighted by Gasteiger charge is -2.60. The van der Waals surface area contributed by atoms with Crippen LogP contribution in [0, 0.1) is 23.2 Å². The molecule has 3 N–H and O–H groups in total. The summed E-state index contributed by atoms with van der Waals surface area (Å²) < 4.78 is 7.70. The summed E-state index contributed by atoms with van der Waals surface area (Å²) in [5.74, 6) is 1.54. The lowest BCUT2D eigenvalue weighted by molar-refractivity contribution is -0.143. The smallest absolute Gasteiger partial charge is 0.263 e. The molecule has 2 amide bonds. The average molecular weight is 438 g/mol. The van der Waals surface area contributed by atoms with Crippen LogP contribution in [0.5, 0.6) is 5.88 Å². The van der Waals surface area contributed by atoms with E-state index in [1.165, 1.54) is 0 Å². The zero-order valence-electron chi connectivity index (χ0n) is 18.7. The number of nitrogens with one attached hydrogen (secondary N) is 1. The molecule has 4 aliphatic carbocycles. The number of nitrogens with two attached hydrogens (primary N) is 1. The van der Waals surface area contributed by atoms with Crippen molar-refractivity contribution in [1.82, 2.24) is 20.1 Å². The molecule has 0 saturated heterocycles. The number of pyridine rings is 1. The molecule has 0 aromatic carbocycles. The number of hydrogen-bond donors (Lipinski definition) is 2.